The van der Waals surface area contributed by atoms with Gasteiger partial charge in [-0.2, -0.15) is 0 Å². The highest BCUT2D eigenvalue weighted by molar-refractivity contribution is 7.80. The number of benzene rings is 1. The molecule has 1 heterocycles. The van der Waals surface area contributed by atoms with Gasteiger partial charge in [-0.05, 0) is 44.5 Å². The van der Waals surface area contributed by atoms with Gasteiger partial charge >= 0.3 is 0 Å². The largest absolute Gasteiger partial charge is 0.494 e. The van der Waals surface area contributed by atoms with E-state index in [1.807, 2.05) is 24.3 Å². The second kappa shape index (κ2) is 8.22. The third kappa shape index (κ3) is 5.10. The Kier molecular flexibility index (Phi) is 6.27. The molecule has 3 nitrogen and oxygen atoms in total. The van der Waals surface area contributed by atoms with Gasteiger partial charge in [0.15, 0.2) is 0 Å². The van der Waals surface area contributed by atoms with Crippen LogP contribution in [0.15, 0.2) is 24.3 Å². The molecule has 1 aromatic carbocycles. The van der Waals surface area contributed by atoms with Crippen molar-refractivity contribution < 1.29 is 4.74 Å². The van der Waals surface area contributed by atoms with E-state index < -0.39 is 0 Å². The predicted molar refractivity (Wildman–Crippen MR) is 87.3 cm³/mol. The number of nitrogens with zero attached hydrogens (tertiary/aromatic N) is 1. The summed E-state index contributed by atoms with van der Waals surface area (Å²) < 4.78 is 5.78. The van der Waals surface area contributed by atoms with Crippen LogP contribution in [0.4, 0.5) is 0 Å². The molecular weight excluding hydrogens is 268 g/mol. The number of hydrogen-bond acceptors (Lipinski definition) is 3. The fourth-order valence-corrected chi connectivity index (χ4v) is 2.70. The molecule has 1 aliphatic heterocycles. The number of hydrogen-bond donors (Lipinski definition) is 1. The Balaban J connectivity index is 1.70. The Morgan fingerprint density at radius 3 is 2.65 bits per heavy atom. The number of ether oxygens (including phenoxy) is 1. The third-order valence-electron chi connectivity index (χ3n) is 3.70. The summed E-state index contributed by atoms with van der Waals surface area (Å²) in [7, 11) is 0. The Morgan fingerprint density at radius 1 is 1.20 bits per heavy atom. The number of rotatable bonds is 6. The molecule has 0 bridgehead atoms. The molecule has 1 aromatic rings. The minimum Gasteiger partial charge on any atom is -0.494 e. The van der Waals surface area contributed by atoms with Crippen LogP contribution in [-0.4, -0.2) is 36.1 Å². The van der Waals surface area contributed by atoms with E-state index in [1.165, 1.54) is 38.8 Å². The standard InChI is InChI=1S/C16H24N2OS/c17-16(20)14-7-5-8-15(13-14)19-12-6-11-18-9-3-1-2-4-10-18/h5,7-8,13H,1-4,6,9-12H2,(H2,17,20). The number of thiocarbonyl (C=S) groups is 1. The average Bonchev–Trinajstić information content (AvgIpc) is 2.72. The van der Waals surface area contributed by atoms with Crippen LogP contribution < -0.4 is 10.5 Å². The van der Waals surface area contributed by atoms with Gasteiger partial charge in [0.25, 0.3) is 0 Å². The SMILES string of the molecule is NC(=S)c1cccc(OCCCN2CCCCCC2)c1. The maximum atomic E-state index is 5.78. The van der Waals surface area contributed by atoms with Crippen LogP contribution >= 0.6 is 12.2 Å². The molecular formula is C16H24N2OS. The van der Waals surface area contributed by atoms with Crippen molar-refractivity contribution in [2.75, 3.05) is 26.2 Å². The summed E-state index contributed by atoms with van der Waals surface area (Å²) in [5.74, 6) is 0.853. The fourth-order valence-electron chi connectivity index (χ4n) is 2.58. The normalized spacial score (nSPS) is 16.6. The molecule has 1 saturated heterocycles. The van der Waals surface area contributed by atoms with Crippen LogP contribution in [0.1, 0.15) is 37.7 Å². The first-order valence-corrected chi connectivity index (χ1v) is 7.91. The molecule has 2 N–H and O–H groups in total. The molecule has 20 heavy (non-hydrogen) atoms. The van der Waals surface area contributed by atoms with Gasteiger partial charge in [-0.3, -0.25) is 0 Å². The summed E-state index contributed by atoms with van der Waals surface area (Å²) in [5.41, 5.74) is 6.48. The second-order valence-electron chi connectivity index (χ2n) is 5.35. The van der Waals surface area contributed by atoms with Gasteiger partial charge in [0.1, 0.15) is 10.7 Å². The Bertz CT molecular complexity index is 428. The zero-order valence-corrected chi connectivity index (χ0v) is 12.8. The van der Waals surface area contributed by atoms with Crippen molar-refractivity contribution >= 4 is 17.2 Å². The Morgan fingerprint density at radius 2 is 1.95 bits per heavy atom. The van der Waals surface area contributed by atoms with Gasteiger partial charge in [0.05, 0.1) is 6.61 Å². The maximum absolute atomic E-state index is 5.78. The molecule has 0 spiro atoms. The van der Waals surface area contributed by atoms with Crippen molar-refractivity contribution in [1.29, 1.82) is 0 Å². The lowest BCUT2D eigenvalue weighted by molar-refractivity contribution is 0.240. The van der Waals surface area contributed by atoms with Gasteiger partial charge in [0.2, 0.25) is 0 Å². The van der Waals surface area contributed by atoms with Gasteiger partial charge in [-0.1, -0.05) is 37.2 Å². The van der Waals surface area contributed by atoms with Gasteiger partial charge < -0.3 is 15.4 Å². The first-order chi connectivity index (χ1) is 9.75. The lowest BCUT2D eigenvalue weighted by atomic mass is 10.2. The van der Waals surface area contributed by atoms with E-state index in [4.69, 9.17) is 22.7 Å². The molecule has 0 aliphatic carbocycles. The quantitative estimate of drug-likeness (QED) is 0.646. The molecule has 2 rings (SSSR count). The van der Waals surface area contributed by atoms with Crippen molar-refractivity contribution in [3.63, 3.8) is 0 Å². The van der Waals surface area contributed by atoms with Crippen LogP contribution in [0.3, 0.4) is 0 Å². The van der Waals surface area contributed by atoms with Crippen molar-refractivity contribution in [3.05, 3.63) is 29.8 Å². The summed E-state index contributed by atoms with van der Waals surface area (Å²) in [6, 6.07) is 7.70. The minimum atomic E-state index is 0.417. The second-order valence-corrected chi connectivity index (χ2v) is 5.79. The molecule has 4 heteroatoms. The molecule has 0 radical (unpaired) electrons. The smallest absolute Gasteiger partial charge is 0.119 e. The van der Waals surface area contributed by atoms with Crippen LogP contribution in [0.25, 0.3) is 0 Å². The van der Waals surface area contributed by atoms with Crippen LogP contribution in [0.2, 0.25) is 0 Å². The van der Waals surface area contributed by atoms with Crippen LogP contribution in [0.5, 0.6) is 5.75 Å². The van der Waals surface area contributed by atoms with E-state index in [-0.39, 0.29) is 0 Å². The topological polar surface area (TPSA) is 38.5 Å². The lowest BCUT2D eigenvalue weighted by Gasteiger charge is -2.19. The van der Waals surface area contributed by atoms with E-state index >= 15 is 0 Å². The fraction of sp³-hybridized carbons (Fsp3) is 0.562. The van der Waals surface area contributed by atoms with Crippen molar-refractivity contribution in [2.24, 2.45) is 5.73 Å². The van der Waals surface area contributed by atoms with E-state index in [9.17, 15) is 0 Å². The highest BCUT2D eigenvalue weighted by Gasteiger charge is 2.08. The average molecular weight is 292 g/mol. The summed E-state index contributed by atoms with van der Waals surface area (Å²) in [6.45, 7) is 4.38. The van der Waals surface area contributed by atoms with E-state index in [0.29, 0.717) is 4.99 Å². The highest BCUT2D eigenvalue weighted by Crippen LogP contribution is 2.14. The minimum absolute atomic E-state index is 0.417. The molecule has 1 aliphatic rings. The lowest BCUT2D eigenvalue weighted by Crippen LogP contribution is -2.26. The zero-order chi connectivity index (χ0) is 14.2. The number of likely N-dealkylation sites (tertiary alicyclic amines) is 1. The summed E-state index contributed by atoms with van der Waals surface area (Å²) in [5, 5.41) is 0. The monoisotopic (exact) mass is 292 g/mol. The molecule has 0 aromatic heterocycles. The molecule has 0 unspecified atom stereocenters. The molecule has 0 amide bonds. The van der Waals surface area contributed by atoms with Crippen LogP contribution in [-0.2, 0) is 0 Å². The zero-order valence-electron chi connectivity index (χ0n) is 12.0. The molecule has 0 saturated carbocycles. The van der Waals surface area contributed by atoms with Crippen LogP contribution in [0, 0.1) is 0 Å². The van der Waals surface area contributed by atoms with E-state index in [2.05, 4.69) is 4.90 Å². The van der Waals surface area contributed by atoms with Gasteiger partial charge in [0, 0.05) is 12.1 Å². The van der Waals surface area contributed by atoms with Crippen molar-refractivity contribution in [2.45, 2.75) is 32.1 Å². The van der Waals surface area contributed by atoms with E-state index in [0.717, 1.165) is 30.9 Å². The van der Waals surface area contributed by atoms with Gasteiger partial charge in [-0.15, -0.1) is 0 Å². The first kappa shape index (κ1) is 15.3. The maximum Gasteiger partial charge on any atom is 0.119 e. The Labute approximate surface area is 127 Å². The van der Waals surface area contributed by atoms with Crippen molar-refractivity contribution in [1.82, 2.24) is 4.90 Å². The number of nitrogens with two attached hydrogens (primary N) is 1. The summed E-state index contributed by atoms with van der Waals surface area (Å²) in [4.78, 5) is 2.97. The molecule has 110 valence electrons. The van der Waals surface area contributed by atoms with Gasteiger partial charge in [-0.25, -0.2) is 0 Å². The predicted octanol–water partition coefficient (Wildman–Crippen LogP) is 2.97. The first-order valence-electron chi connectivity index (χ1n) is 7.51. The highest BCUT2D eigenvalue weighted by atomic mass is 32.1. The Hall–Kier alpha value is -1.13. The summed E-state index contributed by atoms with van der Waals surface area (Å²) in [6.07, 6.45) is 6.53. The summed E-state index contributed by atoms with van der Waals surface area (Å²) >= 11 is 4.97. The van der Waals surface area contributed by atoms with E-state index in [1.54, 1.807) is 0 Å². The van der Waals surface area contributed by atoms with Crippen molar-refractivity contribution in [3.8, 4) is 5.75 Å². The molecule has 1 fully saturated rings. The molecule has 0 atom stereocenters. The third-order valence-corrected chi connectivity index (χ3v) is 3.94.